The number of nitrogens with two attached hydrogens (primary N) is 1. The van der Waals surface area contributed by atoms with E-state index in [0.717, 1.165) is 37.6 Å². The van der Waals surface area contributed by atoms with Crippen molar-refractivity contribution in [2.24, 2.45) is 5.73 Å². The van der Waals surface area contributed by atoms with Crippen molar-refractivity contribution in [2.45, 2.75) is 6.54 Å². The smallest absolute Gasteiger partial charge is 0.257 e. The average molecular weight is 419 g/mol. The van der Waals surface area contributed by atoms with Gasteiger partial charge in [-0.1, -0.05) is 23.7 Å². The molecule has 1 aliphatic rings. The van der Waals surface area contributed by atoms with Gasteiger partial charge in [-0.2, -0.15) is 0 Å². The van der Waals surface area contributed by atoms with Gasteiger partial charge in [-0.25, -0.2) is 4.98 Å². The van der Waals surface area contributed by atoms with Gasteiger partial charge in [0.25, 0.3) is 5.91 Å². The molecule has 0 spiro atoms. The molecule has 1 fully saturated rings. The number of carbonyl (C=O) groups is 1. The van der Waals surface area contributed by atoms with Crippen LogP contribution >= 0.6 is 36.4 Å². The van der Waals surface area contributed by atoms with Gasteiger partial charge >= 0.3 is 0 Å². The summed E-state index contributed by atoms with van der Waals surface area (Å²) in [7, 11) is 0. The van der Waals surface area contributed by atoms with Gasteiger partial charge in [-0.15, -0.1) is 24.8 Å². The van der Waals surface area contributed by atoms with Crippen LogP contribution in [0.1, 0.15) is 15.9 Å². The minimum absolute atomic E-state index is 0. The fourth-order valence-corrected chi connectivity index (χ4v) is 2.93. The van der Waals surface area contributed by atoms with E-state index in [0.29, 0.717) is 22.8 Å². The Kier molecular flexibility index (Phi) is 9.12. The van der Waals surface area contributed by atoms with Gasteiger partial charge in [-0.05, 0) is 23.8 Å². The molecule has 142 valence electrons. The van der Waals surface area contributed by atoms with Crippen LogP contribution in [0.4, 0.5) is 11.5 Å². The van der Waals surface area contributed by atoms with Crippen LogP contribution in [-0.2, 0) is 6.54 Å². The largest absolute Gasteiger partial charge is 0.353 e. The quantitative estimate of drug-likeness (QED) is 0.711. The van der Waals surface area contributed by atoms with Crippen LogP contribution in [0, 0.1) is 0 Å². The third kappa shape index (κ3) is 5.46. The van der Waals surface area contributed by atoms with Crippen LogP contribution in [0.3, 0.4) is 0 Å². The van der Waals surface area contributed by atoms with E-state index >= 15 is 0 Å². The molecule has 0 radical (unpaired) electrons. The van der Waals surface area contributed by atoms with Gasteiger partial charge in [0.05, 0.1) is 10.6 Å². The third-order valence-electron chi connectivity index (χ3n) is 3.92. The van der Waals surface area contributed by atoms with Crippen LogP contribution in [0.2, 0.25) is 5.02 Å². The van der Waals surface area contributed by atoms with E-state index in [4.69, 9.17) is 17.3 Å². The molecule has 6 nitrogen and oxygen atoms in total. The minimum atomic E-state index is -0.245. The van der Waals surface area contributed by atoms with E-state index in [-0.39, 0.29) is 30.7 Å². The molecule has 0 bridgehead atoms. The predicted molar refractivity (Wildman–Crippen MR) is 111 cm³/mol. The van der Waals surface area contributed by atoms with E-state index in [9.17, 15) is 4.79 Å². The summed E-state index contributed by atoms with van der Waals surface area (Å²) in [5.41, 5.74) is 7.70. The van der Waals surface area contributed by atoms with Crippen molar-refractivity contribution >= 4 is 53.8 Å². The summed E-state index contributed by atoms with van der Waals surface area (Å²) < 4.78 is 0. The zero-order chi connectivity index (χ0) is 16.9. The maximum atomic E-state index is 12.4. The summed E-state index contributed by atoms with van der Waals surface area (Å²) in [5, 5.41) is 6.61. The van der Waals surface area contributed by atoms with Gasteiger partial charge in [0.1, 0.15) is 5.82 Å². The molecule has 1 aliphatic heterocycles. The third-order valence-corrected chi connectivity index (χ3v) is 4.20. The maximum Gasteiger partial charge on any atom is 0.257 e. The molecule has 1 amide bonds. The van der Waals surface area contributed by atoms with Crippen molar-refractivity contribution in [3.8, 4) is 0 Å². The number of pyridine rings is 1. The molecule has 9 heteroatoms. The molecule has 0 saturated carbocycles. The van der Waals surface area contributed by atoms with E-state index in [1.165, 1.54) is 0 Å². The Morgan fingerprint density at radius 3 is 2.65 bits per heavy atom. The number of carbonyl (C=O) groups excluding carboxylic acids is 1. The molecular weight excluding hydrogens is 397 g/mol. The fourth-order valence-electron chi connectivity index (χ4n) is 2.64. The van der Waals surface area contributed by atoms with Gasteiger partial charge in [0, 0.05) is 44.6 Å². The Labute approximate surface area is 170 Å². The first-order valence-corrected chi connectivity index (χ1v) is 8.27. The molecule has 1 saturated heterocycles. The number of halogens is 3. The molecule has 2 heterocycles. The first kappa shape index (κ1) is 22.5. The first-order valence-electron chi connectivity index (χ1n) is 7.89. The number of piperazine rings is 1. The first-order chi connectivity index (χ1) is 11.7. The second-order valence-corrected chi connectivity index (χ2v) is 6.03. The van der Waals surface area contributed by atoms with Crippen LogP contribution in [0.15, 0.2) is 36.5 Å². The number of anilines is 2. The van der Waals surface area contributed by atoms with E-state index < -0.39 is 0 Å². The lowest BCUT2D eigenvalue weighted by atomic mass is 10.2. The lowest BCUT2D eigenvalue weighted by Crippen LogP contribution is -2.44. The molecule has 1 aromatic carbocycles. The second kappa shape index (κ2) is 10.5. The monoisotopic (exact) mass is 417 g/mol. The topological polar surface area (TPSA) is 83.3 Å². The molecule has 3 rings (SSSR count). The van der Waals surface area contributed by atoms with Gasteiger partial charge < -0.3 is 21.3 Å². The highest BCUT2D eigenvalue weighted by Gasteiger charge is 2.17. The molecule has 0 unspecified atom stereocenters. The Morgan fingerprint density at radius 2 is 2.00 bits per heavy atom. The van der Waals surface area contributed by atoms with Gasteiger partial charge in [0.15, 0.2) is 0 Å². The number of amides is 1. The number of rotatable bonds is 4. The maximum absolute atomic E-state index is 12.4. The van der Waals surface area contributed by atoms with Crippen LogP contribution in [0.5, 0.6) is 0 Å². The van der Waals surface area contributed by atoms with Crippen LogP contribution < -0.4 is 21.3 Å². The summed E-state index contributed by atoms with van der Waals surface area (Å²) in [6, 6.07) is 9.10. The lowest BCUT2D eigenvalue weighted by Gasteiger charge is -2.29. The Balaban J connectivity index is 0.00000169. The Bertz CT molecular complexity index is 738. The van der Waals surface area contributed by atoms with Crippen molar-refractivity contribution < 1.29 is 4.79 Å². The molecule has 1 aromatic heterocycles. The molecule has 4 N–H and O–H groups in total. The lowest BCUT2D eigenvalue weighted by molar-refractivity contribution is 0.102. The van der Waals surface area contributed by atoms with Gasteiger partial charge in [0.2, 0.25) is 0 Å². The summed E-state index contributed by atoms with van der Waals surface area (Å²) in [6.45, 7) is 3.93. The van der Waals surface area contributed by atoms with Gasteiger partial charge in [-0.3, -0.25) is 4.79 Å². The van der Waals surface area contributed by atoms with Crippen molar-refractivity contribution in [1.82, 2.24) is 10.3 Å². The molecule has 26 heavy (non-hydrogen) atoms. The average Bonchev–Trinajstić information content (AvgIpc) is 2.62. The Morgan fingerprint density at radius 1 is 1.27 bits per heavy atom. The summed E-state index contributed by atoms with van der Waals surface area (Å²) >= 11 is 6.34. The highest BCUT2D eigenvalue weighted by Crippen LogP contribution is 2.25. The zero-order valence-corrected chi connectivity index (χ0v) is 16.5. The Hall–Kier alpha value is -1.57. The predicted octanol–water partition coefficient (Wildman–Crippen LogP) is 2.70. The second-order valence-electron chi connectivity index (χ2n) is 5.63. The normalized spacial score (nSPS) is 13.4. The fraction of sp³-hybridized carbons (Fsp3) is 0.294. The summed E-state index contributed by atoms with van der Waals surface area (Å²) in [6.07, 6.45) is 1.56. The summed E-state index contributed by atoms with van der Waals surface area (Å²) in [4.78, 5) is 18.9. The minimum Gasteiger partial charge on any atom is -0.353 e. The van der Waals surface area contributed by atoms with E-state index in [1.54, 1.807) is 12.3 Å². The highest BCUT2D eigenvalue weighted by atomic mass is 35.5. The zero-order valence-electron chi connectivity index (χ0n) is 14.1. The van der Waals surface area contributed by atoms with E-state index in [1.807, 2.05) is 24.3 Å². The SMILES string of the molecule is Cl.Cl.NCc1cccc(NC(=O)c2cnc(N3CCNCC3)c(Cl)c2)c1. The van der Waals surface area contributed by atoms with Crippen molar-refractivity contribution in [2.75, 3.05) is 36.4 Å². The summed E-state index contributed by atoms with van der Waals surface area (Å²) in [5.74, 6) is 0.477. The molecular formula is C17H22Cl3N5O. The number of aromatic nitrogens is 1. The number of nitrogens with zero attached hydrogens (tertiary/aromatic N) is 2. The van der Waals surface area contributed by atoms with E-state index in [2.05, 4.69) is 20.5 Å². The highest BCUT2D eigenvalue weighted by molar-refractivity contribution is 6.33. The van der Waals surface area contributed by atoms with Crippen molar-refractivity contribution in [3.63, 3.8) is 0 Å². The number of hydrogen-bond acceptors (Lipinski definition) is 5. The molecule has 0 aliphatic carbocycles. The van der Waals surface area contributed by atoms with Crippen LogP contribution in [-0.4, -0.2) is 37.1 Å². The molecule has 2 aromatic rings. The van der Waals surface area contributed by atoms with Crippen molar-refractivity contribution in [3.05, 3.63) is 52.7 Å². The number of hydrogen-bond donors (Lipinski definition) is 3. The molecule has 0 atom stereocenters. The van der Waals surface area contributed by atoms with Crippen molar-refractivity contribution in [1.29, 1.82) is 0 Å². The standard InChI is InChI=1S/C17H20ClN5O.2ClH/c18-15-9-13(11-21-16(15)23-6-4-20-5-7-23)17(24)22-14-3-1-2-12(8-14)10-19;;/h1-3,8-9,11,20H,4-7,10,19H2,(H,22,24);2*1H. The number of nitrogens with one attached hydrogen (secondary N) is 2. The number of benzene rings is 1. The van der Waals surface area contributed by atoms with Crippen LogP contribution in [0.25, 0.3) is 0 Å².